The number of likely N-dealkylation sites (tertiary alicyclic amines) is 1. The molecular weight excluding hydrogens is 664 g/mol. The summed E-state index contributed by atoms with van der Waals surface area (Å²) in [5.74, 6) is -3.67. The molecule has 4 heterocycles. The Kier molecular flexibility index (Phi) is 7.14. The summed E-state index contributed by atoms with van der Waals surface area (Å²) < 4.78 is 8.14. The summed E-state index contributed by atoms with van der Waals surface area (Å²) in [7, 11) is 3.24. The number of anilines is 1. The molecule has 252 valence electrons. The Hall–Kier alpha value is -4.48. The number of amides is 4. The monoisotopic (exact) mass is 698 g/mol. The van der Waals surface area contributed by atoms with E-state index in [1.54, 1.807) is 55.1 Å². The molecule has 4 amide bonds. The van der Waals surface area contributed by atoms with Gasteiger partial charge >= 0.3 is 0 Å². The third-order valence-electron chi connectivity index (χ3n) is 11.4. The van der Waals surface area contributed by atoms with E-state index in [0.29, 0.717) is 34.3 Å². The fourth-order valence-electron chi connectivity index (χ4n) is 9.06. The highest BCUT2D eigenvalue weighted by molar-refractivity contribution is 7.22. The second kappa shape index (κ2) is 11.0. The molecule has 10 nitrogen and oxygen atoms in total. The van der Waals surface area contributed by atoms with Crippen molar-refractivity contribution < 1.29 is 29.0 Å². The van der Waals surface area contributed by atoms with Gasteiger partial charge in [0.25, 0.3) is 0 Å². The molecule has 1 N–H and O–H groups in total. The Morgan fingerprint density at radius 3 is 2.57 bits per heavy atom. The molecule has 0 bridgehead atoms. The molecule has 0 radical (unpaired) electrons. The molecule has 4 aromatic rings. The number of carbonyl (C=O) groups excluding carboxylic acids is 4. The minimum atomic E-state index is -1.32. The highest BCUT2D eigenvalue weighted by atomic mass is 35.5. The van der Waals surface area contributed by atoms with Crippen LogP contribution in [0.5, 0.6) is 11.5 Å². The van der Waals surface area contributed by atoms with Gasteiger partial charge in [0.1, 0.15) is 23.0 Å². The standard InChI is InChI=1S/C37H35ClN4O6S/c1-6-41-33(44)21-10-9-20-23(30(21)35(41)46)15-25-34(45)42(36(47)37(25,3)31(20)24-14-19(48-5)8-11-27(24)43)29-16-26(39-40(29)4)32-17(2)22-13-18(38)7-12-28(22)49-32/h7-9,11-14,16,21,23,25,30-31,43H,6,10,15H2,1-5H3. The largest absolute Gasteiger partial charge is 0.508 e. The lowest BCUT2D eigenvalue weighted by Gasteiger charge is -2.49. The molecule has 49 heavy (non-hydrogen) atoms. The minimum Gasteiger partial charge on any atom is -0.508 e. The van der Waals surface area contributed by atoms with Gasteiger partial charge in [-0.2, -0.15) is 5.10 Å². The van der Waals surface area contributed by atoms with Crippen molar-refractivity contribution in [3.05, 3.63) is 70.3 Å². The fourth-order valence-corrected chi connectivity index (χ4v) is 10.4. The van der Waals surface area contributed by atoms with Gasteiger partial charge in [0.15, 0.2) is 0 Å². The number of hydrogen-bond donors (Lipinski definition) is 1. The second-order valence-electron chi connectivity index (χ2n) is 13.7. The molecule has 6 unspecified atom stereocenters. The number of phenols is 1. The van der Waals surface area contributed by atoms with Crippen molar-refractivity contribution in [2.45, 2.75) is 39.5 Å². The number of imide groups is 2. The van der Waals surface area contributed by atoms with E-state index < -0.39 is 40.9 Å². The van der Waals surface area contributed by atoms with Crippen LogP contribution < -0.4 is 9.64 Å². The lowest BCUT2D eigenvalue weighted by molar-refractivity contribution is -0.140. The first-order valence-corrected chi connectivity index (χ1v) is 17.6. The van der Waals surface area contributed by atoms with Gasteiger partial charge in [0.2, 0.25) is 23.6 Å². The smallest absolute Gasteiger partial charge is 0.242 e. The number of aromatic hydroxyl groups is 1. The van der Waals surface area contributed by atoms with E-state index in [-0.39, 0.29) is 36.4 Å². The molecule has 4 aliphatic rings. The molecular formula is C37H35ClN4O6S. The number of ether oxygens (including phenoxy) is 1. The van der Waals surface area contributed by atoms with Crippen LogP contribution in [0.3, 0.4) is 0 Å². The Morgan fingerprint density at radius 2 is 1.84 bits per heavy atom. The van der Waals surface area contributed by atoms with Crippen LogP contribution in [0.4, 0.5) is 5.82 Å². The number of aryl methyl sites for hydroxylation is 2. The molecule has 0 spiro atoms. The van der Waals surface area contributed by atoms with Crippen molar-refractivity contribution in [3.8, 4) is 22.1 Å². The zero-order valence-electron chi connectivity index (χ0n) is 27.7. The lowest BCUT2D eigenvalue weighted by atomic mass is 9.51. The van der Waals surface area contributed by atoms with E-state index in [9.17, 15) is 24.3 Å². The summed E-state index contributed by atoms with van der Waals surface area (Å²) in [4.78, 5) is 60.2. The number of nitrogens with zero attached hydrogens (tertiary/aromatic N) is 4. The van der Waals surface area contributed by atoms with Crippen LogP contribution in [0.15, 0.2) is 54.1 Å². The van der Waals surface area contributed by atoms with Crippen LogP contribution in [0.25, 0.3) is 20.7 Å². The first-order chi connectivity index (χ1) is 23.4. The molecule has 2 aromatic heterocycles. The number of fused-ring (bicyclic) bond motifs is 5. The van der Waals surface area contributed by atoms with Gasteiger partial charge in [-0.05, 0) is 86.9 Å². The van der Waals surface area contributed by atoms with Gasteiger partial charge in [0.05, 0.1) is 35.2 Å². The number of allylic oxidation sites excluding steroid dienone is 2. The number of benzene rings is 2. The number of halogens is 1. The van der Waals surface area contributed by atoms with Gasteiger partial charge in [0, 0.05) is 40.9 Å². The topological polar surface area (TPSA) is 122 Å². The van der Waals surface area contributed by atoms with Crippen molar-refractivity contribution in [1.82, 2.24) is 14.7 Å². The van der Waals surface area contributed by atoms with E-state index in [0.717, 1.165) is 26.1 Å². The van der Waals surface area contributed by atoms with E-state index in [1.165, 1.54) is 23.0 Å². The minimum absolute atomic E-state index is 0.0414. The summed E-state index contributed by atoms with van der Waals surface area (Å²) in [5, 5.41) is 17.8. The average molecular weight is 699 g/mol. The van der Waals surface area contributed by atoms with Crippen LogP contribution in [0.2, 0.25) is 5.02 Å². The highest BCUT2D eigenvalue weighted by Crippen LogP contribution is 2.64. The molecule has 3 fully saturated rings. The molecule has 2 saturated heterocycles. The van der Waals surface area contributed by atoms with Gasteiger partial charge in [-0.3, -0.25) is 28.8 Å². The lowest BCUT2D eigenvalue weighted by Crippen LogP contribution is -2.49. The number of hydrogen-bond acceptors (Lipinski definition) is 8. The average Bonchev–Trinajstić information content (AvgIpc) is 3.75. The number of methoxy groups -OCH3 is 1. The zero-order chi connectivity index (χ0) is 34.7. The maximum absolute atomic E-state index is 15.0. The predicted molar refractivity (Wildman–Crippen MR) is 185 cm³/mol. The third-order valence-corrected chi connectivity index (χ3v) is 13.0. The Bertz CT molecular complexity index is 2170. The maximum atomic E-state index is 15.0. The first kappa shape index (κ1) is 31.8. The Balaban J connectivity index is 1.27. The van der Waals surface area contributed by atoms with E-state index in [1.807, 2.05) is 31.2 Å². The number of aromatic nitrogens is 2. The van der Waals surface area contributed by atoms with Gasteiger partial charge in [-0.15, -0.1) is 11.3 Å². The summed E-state index contributed by atoms with van der Waals surface area (Å²) in [5.41, 5.74) is 1.56. The number of phenolic OH excluding ortho intramolecular Hbond substituents is 1. The highest BCUT2D eigenvalue weighted by Gasteiger charge is 2.68. The maximum Gasteiger partial charge on any atom is 0.242 e. The summed E-state index contributed by atoms with van der Waals surface area (Å²) >= 11 is 7.86. The van der Waals surface area contributed by atoms with Crippen molar-refractivity contribution in [1.29, 1.82) is 0 Å². The summed E-state index contributed by atoms with van der Waals surface area (Å²) in [6, 6.07) is 12.4. The molecule has 8 rings (SSSR count). The van der Waals surface area contributed by atoms with Crippen molar-refractivity contribution in [2.24, 2.45) is 36.1 Å². The first-order valence-electron chi connectivity index (χ1n) is 16.4. The van der Waals surface area contributed by atoms with Crippen LogP contribution >= 0.6 is 22.9 Å². The van der Waals surface area contributed by atoms with E-state index >= 15 is 0 Å². The quantitative estimate of drug-likeness (QED) is 0.194. The van der Waals surface area contributed by atoms with Crippen molar-refractivity contribution in [3.63, 3.8) is 0 Å². The number of rotatable bonds is 5. The fraction of sp³-hybridized carbons (Fsp3) is 0.378. The molecule has 6 atom stereocenters. The Labute approximate surface area is 291 Å². The molecule has 2 aromatic carbocycles. The normalized spacial score (nSPS) is 27.9. The van der Waals surface area contributed by atoms with Crippen LogP contribution in [0.1, 0.15) is 43.7 Å². The van der Waals surface area contributed by atoms with E-state index in [2.05, 4.69) is 0 Å². The Morgan fingerprint density at radius 1 is 1.06 bits per heavy atom. The zero-order valence-corrected chi connectivity index (χ0v) is 29.3. The summed E-state index contributed by atoms with van der Waals surface area (Å²) in [6.07, 6.45) is 2.54. The molecule has 2 aliphatic carbocycles. The molecule has 12 heteroatoms. The van der Waals surface area contributed by atoms with Gasteiger partial charge in [-0.1, -0.05) is 23.3 Å². The molecule has 2 aliphatic heterocycles. The van der Waals surface area contributed by atoms with Crippen molar-refractivity contribution >= 4 is 62.5 Å². The molecule has 1 saturated carbocycles. The van der Waals surface area contributed by atoms with Crippen LogP contribution in [-0.2, 0) is 26.2 Å². The second-order valence-corrected chi connectivity index (χ2v) is 15.2. The van der Waals surface area contributed by atoms with Crippen molar-refractivity contribution in [2.75, 3.05) is 18.6 Å². The number of thiophene rings is 1. The third kappa shape index (κ3) is 4.27. The van der Waals surface area contributed by atoms with E-state index in [4.69, 9.17) is 21.4 Å². The number of carbonyl (C=O) groups is 4. The summed E-state index contributed by atoms with van der Waals surface area (Å²) in [6.45, 7) is 5.85. The van der Waals surface area contributed by atoms with Crippen LogP contribution in [-0.4, -0.2) is 57.1 Å². The van der Waals surface area contributed by atoms with Gasteiger partial charge < -0.3 is 9.84 Å². The van der Waals surface area contributed by atoms with Gasteiger partial charge in [-0.25, -0.2) is 4.90 Å². The van der Waals surface area contributed by atoms with Crippen LogP contribution in [0, 0.1) is 36.0 Å². The predicted octanol–water partition coefficient (Wildman–Crippen LogP) is 6.23. The SMILES string of the molecule is CCN1C(=O)C2CC=C3C(CC4C(=O)N(c5cc(-c6sc7ccc(Cl)cc7c6C)nn5C)C(=O)C4(C)C3c3cc(OC)ccc3O)C2C1=O.